The summed E-state index contributed by atoms with van der Waals surface area (Å²) in [6.07, 6.45) is 2.33. The lowest BCUT2D eigenvalue weighted by Gasteiger charge is -2.29. The number of amides is 1. The Labute approximate surface area is 154 Å². The molecule has 1 atom stereocenters. The molecule has 0 bridgehead atoms. The number of methoxy groups -OCH3 is 1. The highest BCUT2D eigenvalue weighted by molar-refractivity contribution is 5.97. The molecule has 1 heterocycles. The molecule has 5 nitrogen and oxygen atoms in total. The van der Waals surface area contributed by atoms with Crippen LogP contribution in [0.2, 0.25) is 0 Å². The average Bonchev–Trinajstić information content (AvgIpc) is 3.18. The Morgan fingerprint density at radius 2 is 1.96 bits per heavy atom. The molecular formula is C21H26N2O3. The predicted octanol–water partition coefficient (Wildman–Crippen LogP) is 3.28. The maximum Gasteiger partial charge on any atom is 0.255 e. The van der Waals surface area contributed by atoms with Gasteiger partial charge in [-0.15, -0.1) is 0 Å². The topological polar surface area (TPSA) is 61.8 Å². The summed E-state index contributed by atoms with van der Waals surface area (Å²) in [4.78, 5) is 15.0. The molecule has 0 aromatic heterocycles. The number of likely N-dealkylation sites (tertiary alicyclic amines) is 1. The minimum Gasteiger partial charge on any atom is -0.507 e. The van der Waals surface area contributed by atoms with Crippen molar-refractivity contribution in [3.63, 3.8) is 0 Å². The lowest BCUT2D eigenvalue weighted by atomic mass is 10.0. The summed E-state index contributed by atoms with van der Waals surface area (Å²) in [6, 6.07) is 13.0. The van der Waals surface area contributed by atoms with Crippen LogP contribution in [0, 0.1) is 6.92 Å². The molecule has 1 aliphatic rings. The quantitative estimate of drug-likeness (QED) is 0.836. The van der Waals surface area contributed by atoms with Gasteiger partial charge in [0.1, 0.15) is 11.5 Å². The molecule has 1 aliphatic heterocycles. The van der Waals surface area contributed by atoms with Crippen molar-refractivity contribution in [3.8, 4) is 11.5 Å². The number of carbonyl (C=O) groups excluding carboxylic acids is 1. The van der Waals surface area contributed by atoms with Crippen molar-refractivity contribution in [1.82, 2.24) is 10.2 Å². The van der Waals surface area contributed by atoms with Crippen molar-refractivity contribution in [1.29, 1.82) is 0 Å². The van der Waals surface area contributed by atoms with Crippen LogP contribution < -0.4 is 10.1 Å². The van der Waals surface area contributed by atoms with Gasteiger partial charge in [-0.2, -0.15) is 0 Å². The van der Waals surface area contributed by atoms with Crippen molar-refractivity contribution in [2.24, 2.45) is 0 Å². The molecule has 2 N–H and O–H groups in total. The first-order valence-electron chi connectivity index (χ1n) is 9.05. The van der Waals surface area contributed by atoms with Crippen molar-refractivity contribution in [2.75, 3.05) is 26.7 Å². The number of para-hydroxylation sites is 1. The van der Waals surface area contributed by atoms with Crippen LogP contribution in [0.4, 0.5) is 0 Å². The van der Waals surface area contributed by atoms with Crippen LogP contribution in [0.25, 0.3) is 0 Å². The van der Waals surface area contributed by atoms with Crippen LogP contribution in [0.3, 0.4) is 0 Å². The number of ether oxygens (including phenoxy) is 1. The van der Waals surface area contributed by atoms with Crippen LogP contribution in [0.5, 0.6) is 11.5 Å². The average molecular weight is 354 g/mol. The number of rotatable bonds is 6. The van der Waals surface area contributed by atoms with E-state index in [4.69, 9.17) is 4.74 Å². The molecule has 1 unspecified atom stereocenters. The van der Waals surface area contributed by atoms with Gasteiger partial charge in [-0.1, -0.05) is 29.8 Å². The summed E-state index contributed by atoms with van der Waals surface area (Å²) in [5.74, 6) is 0.575. The van der Waals surface area contributed by atoms with Gasteiger partial charge in [-0.25, -0.2) is 0 Å². The SMILES string of the molecule is COc1ccccc1C(CNC(=O)c1cc(C)ccc1O)N1CCCC1. The first-order valence-corrected chi connectivity index (χ1v) is 9.05. The van der Waals surface area contributed by atoms with Gasteiger partial charge >= 0.3 is 0 Å². The number of phenols is 1. The predicted molar refractivity (Wildman–Crippen MR) is 102 cm³/mol. The van der Waals surface area contributed by atoms with E-state index in [0.717, 1.165) is 42.8 Å². The molecule has 2 aromatic rings. The normalized spacial score (nSPS) is 15.6. The smallest absolute Gasteiger partial charge is 0.255 e. The molecule has 0 radical (unpaired) electrons. The van der Waals surface area contributed by atoms with E-state index in [2.05, 4.69) is 16.3 Å². The number of nitrogens with zero attached hydrogens (tertiary/aromatic N) is 1. The Hall–Kier alpha value is -2.53. The van der Waals surface area contributed by atoms with E-state index in [1.54, 1.807) is 25.3 Å². The van der Waals surface area contributed by atoms with E-state index < -0.39 is 0 Å². The minimum atomic E-state index is -0.259. The van der Waals surface area contributed by atoms with Gasteiger partial charge in [0.2, 0.25) is 0 Å². The van der Waals surface area contributed by atoms with E-state index >= 15 is 0 Å². The third kappa shape index (κ3) is 3.99. The van der Waals surface area contributed by atoms with E-state index in [0.29, 0.717) is 12.1 Å². The van der Waals surface area contributed by atoms with Gasteiger partial charge in [0.25, 0.3) is 5.91 Å². The lowest BCUT2D eigenvalue weighted by Crippen LogP contribution is -2.37. The maximum absolute atomic E-state index is 12.6. The third-order valence-corrected chi connectivity index (χ3v) is 4.93. The van der Waals surface area contributed by atoms with E-state index in [1.165, 1.54) is 0 Å². The van der Waals surface area contributed by atoms with Gasteiger partial charge in [-0.05, 0) is 51.1 Å². The van der Waals surface area contributed by atoms with Crippen molar-refractivity contribution in [3.05, 3.63) is 59.2 Å². The number of phenolic OH excluding ortho intramolecular Hbond substituents is 1. The summed E-state index contributed by atoms with van der Waals surface area (Å²) < 4.78 is 5.53. The van der Waals surface area contributed by atoms with Crippen molar-refractivity contribution < 1.29 is 14.6 Å². The van der Waals surface area contributed by atoms with E-state index in [1.807, 2.05) is 25.1 Å². The van der Waals surface area contributed by atoms with Crippen molar-refractivity contribution in [2.45, 2.75) is 25.8 Å². The fourth-order valence-electron chi connectivity index (χ4n) is 3.55. The van der Waals surface area contributed by atoms with Gasteiger partial charge in [0, 0.05) is 12.1 Å². The second kappa shape index (κ2) is 8.23. The molecule has 3 rings (SSSR count). The highest BCUT2D eigenvalue weighted by atomic mass is 16.5. The molecule has 2 aromatic carbocycles. The molecule has 0 spiro atoms. The molecule has 1 fully saturated rings. The van der Waals surface area contributed by atoms with E-state index in [9.17, 15) is 9.90 Å². The maximum atomic E-state index is 12.6. The Morgan fingerprint density at radius 1 is 1.23 bits per heavy atom. The zero-order valence-electron chi connectivity index (χ0n) is 15.4. The molecule has 5 heteroatoms. The first kappa shape index (κ1) is 18.3. The van der Waals surface area contributed by atoms with Gasteiger partial charge in [-0.3, -0.25) is 9.69 Å². The van der Waals surface area contributed by atoms with Crippen LogP contribution in [0.1, 0.15) is 40.4 Å². The Balaban J connectivity index is 1.80. The summed E-state index contributed by atoms with van der Waals surface area (Å²) in [5, 5.41) is 13.0. The highest BCUT2D eigenvalue weighted by Crippen LogP contribution is 2.31. The molecule has 26 heavy (non-hydrogen) atoms. The Kier molecular flexibility index (Phi) is 5.78. The van der Waals surface area contributed by atoms with Gasteiger partial charge in [0.15, 0.2) is 0 Å². The monoisotopic (exact) mass is 354 g/mol. The number of aryl methyl sites for hydroxylation is 1. The number of hydrogen-bond acceptors (Lipinski definition) is 4. The molecule has 138 valence electrons. The van der Waals surface area contributed by atoms with Crippen LogP contribution in [-0.2, 0) is 0 Å². The highest BCUT2D eigenvalue weighted by Gasteiger charge is 2.26. The van der Waals surface area contributed by atoms with Crippen LogP contribution in [0.15, 0.2) is 42.5 Å². The summed E-state index contributed by atoms with van der Waals surface area (Å²) in [6.45, 7) is 4.38. The molecule has 0 saturated carbocycles. The minimum absolute atomic E-state index is 0.00288. The summed E-state index contributed by atoms with van der Waals surface area (Å²) >= 11 is 0. The summed E-state index contributed by atoms with van der Waals surface area (Å²) in [5.41, 5.74) is 2.32. The molecular weight excluding hydrogens is 328 g/mol. The third-order valence-electron chi connectivity index (χ3n) is 4.93. The summed E-state index contributed by atoms with van der Waals surface area (Å²) in [7, 11) is 1.67. The van der Waals surface area contributed by atoms with Gasteiger partial charge < -0.3 is 15.2 Å². The molecule has 1 saturated heterocycles. The second-order valence-electron chi connectivity index (χ2n) is 6.73. The lowest BCUT2D eigenvalue weighted by molar-refractivity contribution is 0.0934. The van der Waals surface area contributed by atoms with Gasteiger partial charge in [0.05, 0.1) is 18.7 Å². The fraction of sp³-hybridized carbons (Fsp3) is 0.381. The van der Waals surface area contributed by atoms with Crippen LogP contribution in [-0.4, -0.2) is 42.7 Å². The zero-order chi connectivity index (χ0) is 18.5. The van der Waals surface area contributed by atoms with E-state index in [-0.39, 0.29) is 17.7 Å². The largest absolute Gasteiger partial charge is 0.507 e. The Bertz CT molecular complexity index is 770. The number of carbonyl (C=O) groups is 1. The second-order valence-corrected chi connectivity index (χ2v) is 6.73. The first-order chi connectivity index (χ1) is 12.6. The number of benzene rings is 2. The number of hydrogen-bond donors (Lipinski definition) is 2. The Morgan fingerprint density at radius 3 is 2.69 bits per heavy atom. The number of nitrogens with one attached hydrogen (secondary N) is 1. The molecule has 1 amide bonds. The molecule has 0 aliphatic carbocycles. The fourth-order valence-corrected chi connectivity index (χ4v) is 3.55. The van der Waals surface area contributed by atoms with Crippen molar-refractivity contribution >= 4 is 5.91 Å². The standard InChI is InChI=1S/C21H26N2O3/c1-15-9-10-19(24)17(13-15)21(25)22-14-18(23-11-5-6-12-23)16-7-3-4-8-20(16)26-2/h3-4,7-10,13,18,24H,5-6,11-12,14H2,1-2H3,(H,22,25). The zero-order valence-corrected chi connectivity index (χ0v) is 15.4. The van der Waals surface area contributed by atoms with Crippen LogP contribution >= 0.6 is 0 Å². The number of aromatic hydroxyl groups is 1.